The Morgan fingerprint density at radius 2 is 1.85 bits per heavy atom. The van der Waals surface area contributed by atoms with E-state index in [0.717, 1.165) is 11.7 Å². The van der Waals surface area contributed by atoms with Crippen LogP contribution in [0.4, 0.5) is 13.2 Å². The van der Waals surface area contributed by atoms with E-state index in [2.05, 4.69) is 6.92 Å². The van der Waals surface area contributed by atoms with Crippen molar-refractivity contribution in [2.24, 2.45) is 11.7 Å². The summed E-state index contributed by atoms with van der Waals surface area (Å²) in [7, 11) is 0. The first-order valence-electron chi connectivity index (χ1n) is 6.90. The van der Waals surface area contributed by atoms with Crippen molar-refractivity contribution in [3.63, 3.8) is 0 Å². The zero-order valence-corrected chi connectivity index (χ0v) is 12.6. The second-order valence-corrected chi connectivity index (χ2v) is 6.28. The number of carboxylic acids is 1. The highest BCUT2D eigenvalue weighted by Gasteiger charge is 2.38. The summed E-state index contributed by atoms with van der Waals surface area (Å²) < 4.78 is 31.7. The molecule has 0 spiro atoms. The predicted molar refractivity (Wildman–Crippen MR) is 75.9 cm³/mol. The molecule has 0 aromatic heterocycles. The minimum absolute atomic E-state index is 0.452. The minimum Gasteiger partial charge on any atom is -0.475 e. The Hall–Kier alpha value is -0.430. The standard InChI is InChI=1S/C11H23NS.C2HF3O2/c1-2-13-9-11(12)8-10-6-4-3-5-7-10;3-2(4,5)1(6)7/h10-11H,2-9,12H2,1H3;(H,6,7). The van der Waals surface area contributed by atoms with E-state index in [4.69, 9.17) is 15.6 Å². The molecule has 1 aliphatic rings. The lowest BCUT2D eigenvalue weighted by atomic mass is 9.85. The first-order chi connectivity index (χ1) is 9.27. The van der Waals surface area contributed by atoms with Gasteiger partial charge in [0.25, 0.3) is 0 Å². The molecule has 0 saturated heterocycles. The third kappa shape index (κ3) is 10.4. The molecule has 0 bridgehead atoms. The molecule has 1 fully saturated rings. The van der Waals surface area contributed by atoms with E-state index in [0.29, 0.717) is 6.04 Å². The molecule has 0 aromatic carbocycles. The van der Waals surface area contributed by atoms with Crippen LogP contribution in [-0.2, 0) is 4.79 Å². The summed E-state index contributed by atoms with van der Waals surface area (Å²) in [6.07, 6.45) is 3.40. The fraction of sp³-hybridized carbons (Fsp3) is 0.923. The van der Waals surface area contributed by atoms with E-state index < -0.39 is 12.1 Å². The second kappa shape index (κ2) is 10.3. The number of carboxylic acid groups (broad SMARTS) is 1. The Morgan fingerprint density at radius 1 is 1.35 bits per heavy atom. The van der Waals surface area contributed by atoms with Crippen molar-refractivity contribution in [1.82, 2.24) is 0 Å². The smallest absolute Gasteiger partial charge is 0.475 e. The van der Waals surface area contributed by atoms with Gasteiger partial charge in [-0.25, -0.2) is 4.79 Å². The van der Waals surface area contributed by atoms with Crippen molar-refractivity contribution in [3.05, 3.63) is 0 Å². The van der Waals surface area contributed by atoms with Crippen LogP contribution in [0.3, 0.4) is 0 Å². The van der Waals surface area contributed by atoms with E-state index in [9.17, 15) is 13.2 Å². The van der Waals surface area contributed by atoms with Crippen molar-refractivity contribution in [2.75, 3.05) is 11.5 Å². The molecule has 1 saturated carbocycles. The third-order valence-corrected chi connectivity index (χ3v) is 4.21. The van der Waals surface area contributed by atoms with Gasteiger partial charge in [-0.3, -0.25) is 0 Å². The van der Waals surface area contributed by atoms with Crippen LogP contribution in [0.2, 0.25) is 0 Å². The van der Waals surface area contributed by atoms with Crippen LogP contribution in [0.25, 0.3) is 0 Å². The monoisotopic (exact) mass is 315 g/mol. The Labute approximate surface area is 122 Å². The fourth-order valence-electron chi connectivity index (χ4n) is 2.19. The highest BCUT2D eigenvalue weighted by molar-refractivity contribution is 7.99. The van der Waals surface area contributed by atoms with Crippen LogP contribution < -0.4 is 5.73 Å². The number of carbonyl (C=O) groups is 1. The van der Waals surface area contributed by atoms with Crippen LogP contribution >= 0.6 is 11.8 Å². The molecule has 0 aromatic rings. The van der Waals surface area contributed by atoms with E-state index in [1.807, 2.05) is 11.8 Å². The van der Waals surface area contributed by atoms with Crippen molar-refractivity contribution in [2.45, 2.75) is 57.7 Å². The van der Waals surface area contributed by atoms with Crippen molar-refractivity contribution >= 4 is 17.7 Å². The molecule has 0 amide bonds. The van der Waals surface area contributed by atoms with Gasteiger partial charge in [0.2, 0.25) is 0 Å². The van der Waals surface area contributed by atoms with Gasteiger partial charge in [-0.1, -0.05) is 39.0 Å². The maximum atomic E-state index is 10.6. The molecule has 0 heterocycles. The van der Waals surface area contributed by atoms with Gasteiger partial charge in [0.1, 0.15) is 0 Å². The van der Waals surface area contributed by atoms with Crippen molar-refractivity contribution in [3.8, 4) is 0 Å². The molecule has 20 heavy (non-hydrogen) atoms. The zero-order chi connectivity index (χ0) is 15.6. The molecule has 3 N–H and O–H groups in total. The largest absolute Gasteiger partial charge is 0.490 e. The minimum atomic E-state index is -5.08. The molecule has 0 radical (unpaired) electrons. The number of hydrogen-bond acceptors (Lipinski definition) is 3. The Bertz CT molecular complexity index is 269. The van der Waals surface area contributed by atoms with Crippen LogP contribution in [0.5, 0.6) is 0 Å². The number of thioether (sulfide) groups is 1. The zero-order valence-electron chi connectivity index (χ0n) is 11.8. The maximum Gasteiger partial charge on any atom is 0.490 e. The molecule has 7 heteroatoms. The number of alkyl halides is 3. The average molecular weight is 315 g/mol. The number of aliphatic carboxylic acids is 1. The summed E-state index contributed by atoms with van der Waals surface area (Å²) in [5.74, 6) is 0.555. The van der Waals surface area contributed by atoms with Gasteiger partial charge in [0, 0.05) is 11.8 Å². The van der Waals surface area contributed by atoms with Gasteiger partial charge in [-0.2, -0.15) is 24.9 Å². The van der Waals surface area contributed by atoms with Gasteiger partial charge < -0.3 is 10.8 Å². The summed E-state index contributed by atoms with van der Waals surface area (Å²) >= 11 is 1.98. The Balaban J connectivity index is 0.000000441. The van der Waals surface area contributed by atoms with Gasteiger partial charge in [0.05, 0.1) is 0 Å². The van der Waals surface area contributed by atoms with Gasteiger partial charge in [0.15, 0.2) is 0 Å². The fourth-order valence-corrected chi connectivity index (χ4v) is 2.86. The lowest BCUT2D eigenvalue weighted by Gasteiger charge is -2.24. The lowest BCUT2D eigenvalue weighted by Crippen LogP contribution is -2.27. The molecular weight excluding hydrogens is 291 g/mol. The van der Waals surface area contributed by atoms with E-state index in [-0.39, 0.29) is 0 Å². The van der Waals surface area contributed by atoms with Crippen LogP contribution in [0.15, 0.2) is 0 Å². The quantitative estimate of drug-likeness (QED) is 0.812. The van der Waals surface area contributed by atoms with Crippen LogP contribution in [0, 0.1) is 5.92 Å². The average Bonchev–Trinajstić information content (AvgIpc) is 2.37. The Kier molecular flexibility index (Phi) is 10.1. The summed E-state index contributed by atoms with van der Waals surface area (Å²) in [6.45, 7) is 2.21. The van der Waals surface area contributed by atoms with Gasteiger partial charge >= 0.3 is 12.1 Å². The van der Waals surface area contributed by atoms with Crippen molar-refractivity contribution < 1.29 is 23.1 Å². The second-order valence-electron chi connectivity index (χ2n) is 4.96. The van der Waals surface area contributed by atoms with Crippen LogP contribution in [-0.4, -0.2) is 34.8 Å². The molecule has 1 aliphatic carbocycles. The first kappa shape index (κ1) is 19.6. The molecule has 120 valence electrons. The molecule has 1 atom stereocenters. The highest BCUT2D eigenvalue weighted by atomic mass is 32.2. The maximum absolute atomic E-state index is 10.6. The molecular formula is C13H24F3NO2S. The normalized spacial score (nSPS) is 18.1. The number of halogens is 3. The van der Waals surface area contributed by atoms with E-state index in [1.54, 1.807) is 0 Å². The van der Waals surface area contributed by atoms with Crippen molar-refractivity contribution in [1.29, 1.82) is 0 Å². The summed E-state index contributed by atoms with van der Waals surface area (Å²) in [5, 5.41) is 7.12. The molecule has 1 unspecified atom stereocenters. The number of hydrogen-bond donors (Lipinski definition) is 2. The summed E-state index contributed by atoms with van der Waals surface area (Å²) in [5.41, 5.74) is 6.07. The van der Waals surface area contributed by atoms with Gasteiger partial charge in [-0.05, 0) is 18.1 Å². The summed E-state index contributed by atoms with van der Waals surface area (Å²) in [4.78, 5) is 8.90. The highest BCUT2D eigenvalue weighted by Crippen LogP contribution is 2.27. The third-order valence-electron chi connectivity index (χ3n) is 3.14. The molecule has 3 nitrogen and oxygen atoms in total. The summed E-state index contributed by atoms with van der Waals surface area (Å²) in [6, 6.07) is 0.452. The first-order valence-corrected chi connectivity index (χ1v) is 8.06. The predicted octanol–water partition coefficient (Wildman–Crippen LogP) is 3.67. The lowest BCUT2D eigenvalue weighted by molar-refractivity contribution is -0.192. The SMILES string of the molecule is CCSCC(N)CC1CCCCC1.O=C(O)C(F)(F)F. The molecule has 1 rings (SSSR count). The van der Waals surface area contributed by atoms with Crippen LogP contribution in [0.1, 0.15) is 45.4 Å². The Morgan fingerprint density at radius 3 is 2.25 bits per heavy atom. The molecule has 0 aliphatic heterocycles. The number of nitrogens with two attached hydrogens (primary N) is 1. The number of rotatable bonds is 5. The van der Waals surface area contributed by atoms with E-state index in [1.165, 1.54) is 44.3 Å². The van der Waals surface area contributed by atoms with E-state index >= 15 is 0 Å². The topological polar surface area (TPSA) is 63.3 Å². The van der Waals surface area contributed by atoms with Gasteiger partial charge in [-0.15, -0.1) is 0 Å².